The second-order valence-electron chi connectivity index (χ2n) is 16.5. The number of aliphatic imine (C=N–C) groups is 2. The first kappa shape index (κ1) is 40.9. The standard InChI is InChI=1S/C44H52FN6O8P/c1-27(2)39(52)48-42-47-38-36(40(53)49-42)46-26-50(38)41-35(45)37(58-60-51-24-10-13-34(51)43(59-60)22-8-9-23-43)33(57-41)25-56-44(28-11-6-5-7-12-28,29-14-18-31(54-3)19-15-29)30-16-20-32(55-4)21-17-30/h5-7,11-12,14-21,26-27,33-38,41H,8-10,13,22-25H2,1-4H3,(H2,47,48,49,52,53)/t33-,34+,35-,36?,37-,38?,41-,60+/m1/s1. The summed E-state index contributed by atoms with van der Waals surface area (Å²) in [6, 6.07) is 24.5. The van der Waals surface area contributed by atoms with Crippen LogP contribution in [-0.4, -0.2) is 110 Å². The number of fused-ring (bicyclic) bond motifs is 3. The third kappa shape index (κ3) is 7.26. The van der Waals surface area contributed by atoms with E-state index in [1.54, 1.807) is 28.1 Å². The number of alkyl halides is 1. The maximum Gasteiger partial charge on any atom is 0.260 e. The van der Waals surface area contributed by atoms with Crippen molar-refractivity contribution in [1.82, 2.24) is 20.2 Å². The Bertz CT molecular complexity index is 2040. The molecule has 16 heteroatoms. The molecule has 318 valence electrons. The van der Waals surface area contributed by atoms with Crippen LogP contribution in [0.15, 0.2) is 88.8 Å². The zero-order valence-corrected chi connectivity index (χ0v) is 35.1. The average molecular weight is 843 g/mol. The van der Waals surface area contributed by atoms with Crippen molar-refractivity contribution in [3.63, 3.8) is 0 Å². The Morgan fingerprint density at radius 1 is 0.983 bits per heavy atom. The molecule has 14 nitrogen and oxygen atoms in total. The first-order chi connectivity index (χ1) is 29.1. The number of carbonyl (C=O) groups excluding carboxylic acids is 2. The van der Waals surface area contributed by atoms with Gasteiger partial charge in [0.1, 0.15) is 29.3 Å². The normalized spacial score (nSPS) is 29.5. The number of guanidine groups is 1. The van der Waals surface area contributed by atoms with Crippen LogP contribution in [0.3, 0.4) is 0 Å². The molecule has 0 aromatic heterocycles. The van der Waals surface area contributed by atoms with E-state index in [1.165, 1.54) is 11.2 Å². The zero-order valence-electron chi connectivity index (χ0n) is 34.2. The SMILES string of the molecule is COc1ccc(C(OC[C@H]2O[C@@H](N3C=NC4C(=O)NC(NC(=O)C(C)C)=NC43)[C@H](F)[C@@H]2O[P@@]2OC3(CCCC3)[C@@H]3CCCN32)(c2ccccc2)c2ccc(OC)cc2)cc1. The molecule has 2 N–H and O–H groups in total. The molecule has 4 fully saturated rings. The Balaban J connectivity index is 1.08. The number of ether oxygens (including phenoxy) is 4. The highest BCUT2D eigenvalue weighted by atomic mass is 31.2. The summed E-state index contributed by atoms with van der Waals surface area (Å²) < 4.78 is 58.8. The maximum atomic E-state index is 17.6. The van der Waals surface area contributed by atoms with Crippen molar-refractivity contribution in [1.29, 1.82) is 0 Å². The van der Waals surface area contributed by atoms with E-state index in [9.17, 15) is 9.59 Å². The van der Waals surface area contributed by atoms with Gasteiger partial charge in [-0.3, -0.25) is 25.2 Å². The summed E-state index contributed by atoms with van der Waals surface area (Å²) in [6.07, 6.45) is 1.50. The Kier molecular flexibility index (Phi) is 11.4. The van der Waals surface area contributed by atoms with Crippen molar-refractivity contribution in [3.8, 4) is 11.5 Å². The number of amides is 2. The van der Waals surface area contributed by atoms with E-state index < -0.39 is 56.8 Å². The van der Waals surface area contributed by atoms with Crippen molar-refractivity contribution in [2.75, 3.05) is 27.4 Å². The van der Waals surface area contributed by atoms with Gasteiger partial charge in [0.2, 0.25) is 11.9 Å². The molecule has 9 rings (SSSR count). The van der Waals surface area contributed by atoms with Crippen molar-refractivity contribution >= 4 is 32.6 Å². The number of benzene rings is 3. The summed E-state index contributed by atoms with van der Waals surface area (Å²) in [4.78, 5) is 36.5. The van der Waals surface area contributed by atoms with Gasteiger partial charge in [-0.15, -0.1) is 0 Å². The smallest absolute Gasteiger partial charge is 0.260 e. The molecular formula is C44H52FN6O8P. The fourth-order valence-electron chi connectivity index (χ4n) is 9.50. The van der Waals surface area contributed by atoms with Gasteiger partial charge < -0.3 is 32.9 Å². The van der Waals surface area contributed by atoms with E-state index in [-0.39, 0.29) is 36.0 Å². The fraction of sp³-hybridized carbons (Fsp3) is 0.500. The highest BCUT2D eigenvalue weighted by molar-refractivity contribution is 7.45. The lowest BCUT2D eigenvalue weighted by molar-refractivity contribution is -0.125. The fourth-order valence-corrected chi connectivity index (χ4v) is 11.7. The van der Waals surface area contributed by atoms with Crippen molar-refractivity contribution in [2.24, 2.45) is 15.9 Å². The van der Waals surface area contributed by atoms with Crippen LogP contribution in [0, 0.1) is 5.92 Å². The number of halogens is 1. The highest BCUT2D eigenvalue weighted by Gasteiger charge is 2.61. The minimum Gasteiger partial charge on any atom is -0.497 e. The van der Waals surface area contributed by atoms with Crippen LogP contribution in [-0.2, 0) is 33.7 Å². The second-order valence-corrected chi connectivity index (χ2v) is 17.9. The predicted octanol–water partition coefficient (Wildman–Crippen LogP) is 5.79. The van der Waals surface area contributed by atoms with Gasteiger partial charge in [0, 0.05) is 18.5 Å². The van der Waals surface area contributed by atoms with Gasteiger partial charge in [-0.2, -0.15) is 0 Å². The number of nitrogens with one attached hydrogen (secondary N) is 2. The van der Waals surface area contributed by atoms with Crippen molar-refractivity contribution in [2.45, 2.75) is 106 Å². The maximum absolute atomic E-state index is 17.6. The van der Waals surface area contributed by atoms with E-state index in [0.29, 0.717) is 11.5 Å². The monoisotopic (exact) mass is 842 g/mol. The number of carbonyl (C=O) groups is 2. The molecule has 0 bridgehead atoms. The molecule has 5 heterocycles. The van der Waals surface area contributed by atoms with Crippen LogP contribution in [0.1, 0.15) is 69.1 Å². The number of hydrogen-bond donors (Lipinski definition) is 2. The van der Waals surface area contributed by atoms with Crippen molar-refractivity contribution in [3.05, 3.63) is 95.6 Å². The van der Waals surface area contributed by atoms with Crippen LogP contribution in [0.5, 0.6) is 11.5 Å². The zero-order chi connectivity index (χ0) is 41.6. The van der Waals surface area contributed by atoms with E-state index in [4.69, 9.17) is 28.0 Å². The van der Waals surface area contributed by atoms with Crippen LogP contribution in [0.25, 0.3) is 0 Å². The second kappa shape index (κ2) is 16.8. The minimum atomic E-state index is -1.74. The first-order valence-electron chi connectivity index (χ1n) is 20.8. The summed E-state index contributed by atoms with van der Waals surface area (Å²) in [5.74, 6) is 0.197. The number of hydrogen-bond acceptors (Lipinski definition) is 12. The molecule has 1 aliphatic carbocycles. The van der Waals surface area contributed by atoms with Crippen LogP contribution < -0.4 is 20.1 Å². The Morgan fingerprint density at radius 3 is 2.27 bits per heavy atom. The number of rotatable bonds is 12. The van der Waals surface area contributed by atoms with E-state index in [1.807, 2.05) is 78.9 Å². The lowest BCUT2D eigenvalue weighted by Gasteiger charge is -2.37. The predicted molar refractivity (Wildman–Crippen MR) is 222 cm³/mol. The summed E-state index contributed by atoms with van der Waals surface area (Å²) in [7, 11) is 1.61. The lowest BCUT2D eigenvalue weighted by Crippen LogP contribution is -2.58. The average Bonchev–Trinajstić information content (AvgIpc) is 4.12. The molecule has 6 aliphatic rings. The van der Waals surface area contributed by atoms with Crippen molar-refractivity contribution < 1.29 is 42.0 Å². The Labute approximate surface area is 350 Å². The van der Waals surface area contributed by atoms with Gasteiger partial charge in [0.15, 0.2) is 24.6 Å². The topological polar surface area (TPSA) is 145 Å². The molecule has 5 aliphatic heterocycles. The van der Waals surface area contributed by atoms with Gasteiger partial charge >= 0.3 is 0 Å². The molecular weight excluding hydrogens is 790 g/mol. The minimum absolute atomic E-state index is 0.0204. The van der Waals surface area contributed by atoms with Crippen LogP contribution >= 0.6 is 8.53 Å². The molecule has 8 atom stereocenters. The summed E-state index contributed by atoms with van der Waals surface area (Å²) >= 11 is 0. The van der Waals surface area contributed by atoms with Crippen LogP contribution in [0.4, 0.5) is 4.39 Å². The quantitative estimate of drug-likeness (QED) is 0.170. The van der Waals surface area contributed by atoms with E-state index in [0.717, 1.165) is 61.8 Å². The summed E-state index contributed by atoms with van der Waals surface area (Å²) in [5, 5.41) is 5.30. The summed E-state index contributed by atoms with van der Waals surface area (Å²) in [6.45, 7) is 4.18. The molecule has 3 saturated heterocycles. The third-order valence-electron chi connectivity index (χ3n) is 12.6. The van der Waals surface area contributed by atoms with Gasteiger partial charge in [-0.05, 0) is 66.6 Å². The molecule has 2 unspecified atom stereocenters. The molecule has 1 spiro atoms. The molecule has 1 saturated carbocycles. The van der Waals surface area contributed by atoms with E-state index in [2.05, 4.69) is 25.3 Å². The van der Waals surface area contributed by atoms with Gasteiger partial charge in [-0.25, -0.2) is 14.1 Å². The highest BCUT2D eigenvalue weighted by Crippen LogP contribution is 2.65. The molecule has 2 amide bonds. The number of methoxy groups -OCH3 is 2. The summed E-state index contributed by atoms with van der Waals surface area (Å²) in [5.41, 5.74) is 0.950. The Morgan fingerprint density at radius 2 is 1.63 bits per heavy atom. The molecule has 3 aromatic rings. The lowest BCUT2D eigenvalue weighted by atomic mass is 9.80. The van der Waals surface area contributed by atoms with Gasteiger partial charge in [-0.1, -0.05) is 81.3 Å². The first-order valence-corrected chi connectivity index (χ1v) is 22.0. The largest absolute Gasteiger partial charge is 0.497 e. The molecule has 60 heavy (non-hydrogen) atoms. The molecule has 0 radical (unpaired) electrons. The van der Waals surface area contributed by atoms with E-state index >= 15 is 4.39 Å². The van der Waals surface area contributed by atoms with Gasteiger partial charge in [0.25, 0.3) is 14.4 Å². The number of nitrogens with zero attached hydrogens (tertiary/aromatic N) is 4. The van der Waals surface area contributed by atoms with Crippen LogP contribution in [0.2, 0.25) is 0 Å². The van der Waals surface area contributed by atoms with Gasteiger partial charge in [0.05, 0.1) is 32.8 Å². The molecule has 3 aromatic carbocycles. The Hall–Kier alpha value is -4.50. The third-order valence-corrected chi connectivity index (χ3v) is 14.5.